The summed E-state index contributed by atoms with van der Waals surface area (Å²) < 4.78 is 4.24. The van der Waals surface area contributed by atoms with E-state index in [1.54, 1.807) is 29.8 Å². The summed E-state index contributed by atoms with van der Waals surface area (Å²) in [6.45, 7) is 2.61. The number of anilines is 2. The van der Waals surface area contributed by atoms with Crippen molar-refractivity contribution in [3.05, 3.63) is 85.5 Å². The number of aromatic nitrogens is 4. The molecule has 9 heteroatoms. The van der Waals surface area contributed by atoms with E-state index in [-0.39, 0.29) is 24.3 Å². The van der Waals surface area contributed by atoms with E-state index in [1.165, 1.54) is 4.57 Å². The highest BCUT2D eigenvalue weighted by atomic mass is 35.5. The lowest BCUT2D eigenvalue weighted by molar-refractivity contribution is 0.154. The molecule has 1 aliphatic heterocycles. The number of β-amino-alcohol motifs (C(OH)–C–C–N with tert-alkyl or cyclic N) is 1. The van der Waals surface area contributed by atoms with Crippen LogP contribution in [0.4, 0.5) is 11.6 Å². The van der Waals surface area contributed by atoms with Crippen LogP contribution in [0.3, 0.4) is 0 Å². The van der Waals surface area contributed by atoms with Crippen LogP contribution in [0.5, 0.6) is 0 Å². The summed E-state index contributed by atoms with van der Waals surface area (Å²) in [5, 5.41) is 11.1. The monoisotopic (exact) mass is 451 g/mol. The molecule has 32 heavy (non-hydrogen) atoms. The molecule has 4 aromatic rings. The Morgan fingerprint density at radius 1 is 1.09 bits per heavy atom. The van der Waals surface area contributed by atoms with Crippen LogP contribution in [0.2, 0.25) is 5.02 Å². The van der Waals surface area contributed by atoms with Crippen molar-refractivity contribution in [2.45, 2.75) is 26.1 Å². The van der Waals surface area contributed by atoms with Gasteiger partial charge in [0.1, 0.15) is 0 Å². The normalized spacial score (nSPS) is 15.9. The molecule has 5 rings (SSSR count). The molecule has 164 valence electrons. The van der Waals surface area contributed by atoms with Crippen molar-refractivity contribution in [1.29, 1.82) is 0 Å². The number of benzene rings is 2. The maximum atomic E-state index is 13.5. The summed E-state index contributed by atoms with van der Waals surface area (Å²) in [5.74, 6) is 0.525. The Morgan fingerprint density at radius 2 is 1.81 bits per heavy atom. The van der Waals surface area contributed by atoms with Gasteiger partial charge in [0.05, 0.1) is 25.7 Å². The highest BCUT2D eigenvalue weighted by Crippen LogP contribution is 2.31. The predicted molar refractivity (Wildman–Crippen MR) is 124 cm³/mol. The molecule has 0 fully saturated rings. The second-order valence-electron chi connectivity index (χ2n) is 8.12. The van der Waals surface area contributed by atoms with E-state index in [1.807, 2.05) is 42.2 Å². The number of aryl methyl sites for hydroxylation is 2. The number of aliphatic hydroxyl groups is 1. The number of rotatable bonds is 3. The van der Waals surface area contributed by atoms with Crippen LogP contribution in [0, 0.1) is 6.92 Å². The third-order valence-electron chi connectivity index (χ3n) is 5.87. The van der Waals surface area contributed by atoms with Crippen molar-refractivity contribution in [3.8, 4) is 0 Å². The van der Waals surface area contributed by atoms with Gasteiger partial charge in [-0.25, -0.2) is 4.79 Å². The molecular formula is C23H22ClN5O3. The van der Waals surface area contributed by atoms with Crippen molar-refractivity contribution in [2.24, 2.45) is 7.05 Å². The Kier molecular flexibility index (Phi) is 4.91. The summed E-state index contributed by atoms with van der Waals surface area (Å²) in [6.07, 6.45) is -0.699. The lowest BCUT2D eigenvalue weighted by Gasteiger charge is -2.32. The SMILES string of the molecule is Cc1ccc(N2C[C@@H](O)Cn3c2nc2c3c(=O)n(Cc3ccccc3Cl)c(=O)n2C)cc1. The van der Waals surface area contributed by atoms with Gasteiger partial charge in [-0.1, -0.05) is 47.5 Å². The largest absolute Gasteiger partial charge is 0.389 e. The van der Waals surface area contributed by atoms with Crippen LogP contribution < -0.4 is 16.1 Å². The minimum absolute atomic E-state index is 0.0475. The number of aliphatic hydroxyl groups excluding tert-OH is 1. The van der Waals surface area contributed by atoms with E-state index in [9.17, 15) is 14.7 Å². The molecule has 2 aromatic heterocycles. The fourth-order valence-electron chi connectivity index (χ4n) is 4.18. The molecule has 1 N–H and O–H groups in total. The third-order valence-corrected chi connectivity index (χ3v) is 6.24. The molecule has 1 aliphatic rings. The molecule has 2 aromatic carbocycles. The molecule has 0 radical (unpaired) electrons. The summed E-state index contributed by atoms with van der Waals surface area (Å²) in [6, 6.07) is 15.0. The van der Waals surface area contributed by atoms with Crippen molar-refractivity contribution in [3.63, 3.8) is 0 Å². The maximum Gasteiger partial charge on any atom is 0.332 e. The van der Waals surface area contributed by atoms with Crippen LogP contribution in [0.25, 0.3) is 11.2 Å². The summed E-state index contributed by atoms with van der Waals surface area (Å²) >= 11 is 6.27. The predicted octanol–water partition coefficient (Wildman–Crippen LogP) is 2.42. The second-order valence-corrected chi connectivity index (χ2v) is 8.53. The minimum Gasteiger partial charge on any atom is -0.389 e. The standard InChI is InChI=1S/C23H22ClN5O3/c1-14-7-9-16(10-8-14)27-12-17(30)13-28-19-20(25-22(27)28)26(2)23(32)29(21(19)31)11-15-5-3-4-6-18(15)24/h3-10,17,30H,11-13H2,1-2H3/t17-/m1/s1. The van der Waals surface area contributed by atoms with Gasteiger partial charge < -0.3 is 14.6 Å². The second kappa shape index (κ2) is 7.65. The Morgan fingerprint density at radius 3 is 2.53 bits per heavy atom. The lowest BCUT2D eigenvalue weighted by atomic mass is 10.2. The fraction of sp³-hybridized carbons (Fsp3) is 0.261. The molecule has 0 saturated carbocycles. The van der Waals surface area contributed by atoms with Gasteiger partial charge in [0.2, 0.25) is 5.95 Å². The fourth-order valence-corrected chi connectivity index (χ4v) is 4.38. The zero-order valence-corrected chi connectivity index (χ0v) is 18.5. The molecule has 0 saturated heterocycles. The van der Waals surface area contributed by atoms with Gasteiger partial charge >= 0.3 is 5.69 Å². The minimum atomic E-state index is -0.699. The topological polar surface area (TPSA) is 85.3 Å². The van der Waals surface area contributed by atoms with Crippen molar-refractivity contribution >= 4 is 34.4 Å². The molecule has 3 heterocycles. The average molecular weight is 452 g/mol. The summed E-state index contributed by atoms with van der Waals surface area (Å²) in [5.41, 5.74) is 2.28. The molecule has 1 atom stereocenters. The first kappa shape index (κ1) is 20.5. The van der Waals surface area contributed by atoms with Crippen LogP contribution in [-0.2, 0) is 20.1 Å². The summed E-state index contributed by atoms with van der Waals surface area (Å²) in [7, 11) is 1.60. The van der Waals surface area contributed by atoms with E-state index >= 15 is 0 Å². The van der Waals surface area contributed by atoms with Gasteiger partial charge in [-0.15, -0.1) is 0 Å². The molecule has 8 nitrogen and oxygen atoms in total. The number of fused-ring (bicyclic) bond motifs is 3. The lowest BCUT2D eigenvalue weighted by Crippen LogP contribution is -2.42. The molecule has 0 spiro atoms. The first-order valence-electron chi connectivity index (χ1n) is 10.3. The zero-order chi connectivity index (χ0) is 22.6. The first-order chi connectivity index (χ1) is 15.3. The van der Waals surface area contributed by atoms with E-state index < -0.39 is 17.4 Å². The molecule has 0 aliphatic carbocycles. The van der Waals surface area contributed by atoms with Gasteiger partial charge in [0.25, 0.3) is 5.56 Å². The Balaban J connectivity index is 1.73. The number of hydrogen-bond donors (Lipinski definition) is 1. The average Bonchev–Trinajstić information content (AvgIpc) is 3.16. The first-order valence-corrected chi connectivity index (χ1v) is 10.7. The van der Waals surface area contributed by atoms with Crippen LogP contribution in [0.1, 0.15) is 11.1 Å². The van der Waals surface area contributed by atoms with Gasteiger partial charge in [-0.3, -0.25) is 13.9 Å². The highest BCUT2D eigenvalue weighted by molar-refractivity contribution is 6.31. The van der Waals surface area contributed by atoms with Crippen molar-refractivity contribution in [1.82, 2.24) is 18.7 Å². The highest BCUT2D eigenvalue weighted by Gasteiger charge is 2.30. The number of nitrogens with zero attached hydrogens (tertiary/aromatic N) is 5. The molecule has 0 amide bonds. The van der Waals surface area contributed by atoms with Gasteiger partial charge in [0.15, 0.2) is 11.2 Å². The van der Waals surface area contributed by atoms with Gasteiger partial charge in [0, 0.05) is 17.8 Å². The Bertz CT molecular complexity index is 1450. The number of imidazole rings is 1. The Hall–Kier alpha value is -3.36. The maximum absolute atomic E-state index is 13.5. The van der Waals surface area contributed by atoms with Gasteiger partial charge in [-0.05, 0) is 30.7 Å². The van der Waals surface area contributed by atoms with E-state index in [0.717, 1.165) is 15.8 Å². The third kappa shape index (κ3) is 3.23. The quantitative estimate of drug-likeness (QED) is 0.517. The number of halogens is 1. The molecule has 0 unspecified atom stereocenters. The van der Waals surface area contributed by atoms with E-state index in [0.29, 0.717) is 23.1 Å². The van der Waals surface area contributed by atoms with Crippen LogP contribution in [-0.4, -0.2) is 36.4 Å². The molecule has 0 bridgehead atoms. The summed E-state index contributed by atoms with van der Waals surface area (Å²) in [4.78, 5) is 33.1. The van der Waals surface area contributed by atoms with E-state index in [2.05, 4.69) is 4.98 Å². The van der Waals surface area contributed by atoms with E-state index in [4.69, 9.17) is 11.6 Å². The van der Waals surface area contributed by atoms with Crippen molar-refractivity contribution in [2.75, 3.05) is 11.4 Å². The molecular weight excluding hydrogens is 430 g/mol. The Labute approximate surface area is 188 Å². The smallest absolute Gasteiger partial charge is 0.332 e. The van der Waals surface area contributed by atoms with Crippen molar-refractivity contribution < 1.29 is 5.11 Å². The van der Waals surface area contributed by atoms with Crippen LogP contribution >= 0.6 is 11.6 Å². The number of hydrogen-bond acceptors (Lipinski definition) is 5. The van der Waals surface area contributed by atoms with Crippen LogP contribution in [0.15, 0.2) is 58.1 Å². The van der Waals surface area contributed by atoms with Gasteiger partial charge in [-0.2, -0.15) is 4.98 Å². The zero-order valence-electron chi connectivity index (χ0n) is 17.7.